The molecule has 4 atom stereocenters. The van der Waals surface area contributed by atoms with Gasteiger partial charge in [0.05, 0.1) is 34.3 Å². The fraction of sp³-hybridized carbons (Fsp3) is 0.269. The highest BCUT2D eigenvalue weighted by atomic mass is 16.5. The van der Waals surface area contributed by atoms with Gasteiger partial charge in [0, 0.05) is 40.0 Å². The average molecular weight is 441 g/mol. The van der Waals surface area contributed by atoms with Gasteiger partial charge in [-0.2, -0.15) is 0 Å². The molecule has 5 aromatic rings. The maximum Gasteiger partial charge on any atom is 0.252 e. The molecule has 0 aliphatic carbocycles. The predicted molar refractivity (Wildman–Crippen MR) is 126 cm³/mol. The number of aliphatic hydroxyl groups excluding tert-OH is 2. The Hall–Kier alpha value is -3.39. The SMILES string of the molecule is C[C@H]1O[C@@H](n2c3ccccc3c3c4c(c5c6ccccc6[nH]c5c32)CNC4=O)C[C@H](O)[C@@H]1O. The number of hydrogen-bond acceptors (Lipinski definition) is 4. The number of nitrogens with zero attached hydrogens (tertiary/aromatic N) is 1. The van der Waals surface area contributed by atoms with Crippen LogP contribution in [0.2, 0.25) is 0 Å². The third kappa shape index (κ3) is 2.41. The number of aromatic amines is 1. The van der Waals surface area contributed by atoms with Crippen LogP contribution < -0.4 is 5.32 Å². The molecule has 0 unspecified atom stereocenters. The second kappa shape index (κ2) is 6.57. The number of nitrogens with one attached hydrogen (secondary N) is 2. The first kappa shape index (κ1) is 19.1. The van der Waals surface area contributed by atoms with Crippen LogP contribution in [0, 0.1) is 0 Å². The molecule has 3 aromatic carbocycles. The van der Waals surface area contributed by atoms with E-state index in [1.807, 2.05) is 42.5 Å². The number of carbonyl (C=O) groups excluding carboxylic acids is 1. The summed E-state index contributed by atoms with van der Waals surface area (Å²) in [6.07, 6.45) is -2.59. The molecule has 33 heavy (non-hydrogen) atoms. The second-order valence-corrected chi connectivity index (χ2v) is 9.16. The van der Waals surface area contributed by atoms with Crippen molar-refractivity contribution >= 4 is 49.5 Å². The van der Waals surface area contributed by atoms with E-state index in [4.69, 9.17) is 4.74 Å². The Morgan fingerprint density at radius 3 is 2.61 bits per heavy atom. The smallest absolute Gasteiger partial charge is 0.252 e. The summed E-state index contributed by atoms with van der Waals surface area (Å²) < 4.78 is 8.33. The fourth-order valence-electron chi connectivity index (χ4n) is 5.86. The quantitative estimate of drug-likeness (QED) is 0.319. The summed E-state index contributed by atoms with van der Waals surface area (Å²) >= 11 is 0. The van der Waals surface area contributed by atoms with Gasteiger partial charge in [-0.15, -0.1) is 0 Å². The maximum atomic E-state index is 13.1. The highest BCUT2D eigenvalue weighted by molar-refractivity contribution is 6.30. The van der Waals surface area contributed by atoms with Gasteiger partial charge in [0.25, 0.3) is 5.91 Å². The lowest BCUT2D eigenvalue weighted by molar-refractivity contribution is -0.182. The predicted octanol–water partition coefficient (Wildman–Crippen LogP) is 3.70. The Kier molecular flexibility index (Phi) is 3.81. The number of fused-ring (bicyclic) bond motifs is 10. The molecule has 1 saturated heterocycles. The molecule has 4 N–H and O–H groups in total. The standard InChI is InChI=1S/C26H23N3O4/c1-12-25(31)18(30)10-19(33-12)29-17-9-5-3-7-14(17)21-22-15(11-27-26(22)32)20-13-6-2-4-8-16(13)28-23(20)24(21)29/h2-9,12,18-19,25,28,30-31H,10-11H2,1H3,(H,27,32)/t12-,18+,19-,25-/m1/s1. The van der Waals surface area contributed by atoms with Gasteiger partial charge in [0.2, 0.25) is 0 Å². The van der Waals surface area contributed by atoms with Crippen LogP contribution in [0.3, 0.4) is 0 Å². The van der Waals surface area contributed by atoms with Crippen molar-refractivity contribution in [3.63, 3.8) is 0 Å². The highest BCUT2D eigenvalue weighted by Crippen LogP contribution is 2.45. The summed E-state index contributed by atoms with van der Waals surface area (Å²) in [6.45, 7) is 2.27. The van der Waals surface area contributed by atoms with Crippen LogP contribution in [0.1, 0.15) is 35.5 Å². The summed E-state index contributed by atoms with van der Waals surface area (Å²) in [6, 6.07) is 16.1. The molecular formula is C26H23N3O4. The first-order valence-corrected chi connectivity index (χ1v) is 11.3. The minimum absolute atomic E-state index is 0.0709. The van der Waals surface area contributed by atoms with Gasteiger partial charge in [0.15, 0.2) is 0 Å². The molecule has 7 heteroatoms. The van der Waals surface area contributed by atoms with E-state index in [2.05, 4.69) is 20.9 Å². The molecule has 0 radical (unpaired) electrons. The number of carbonyl (C=O) groups is 1. The molecule has 2 aromatic heterocycles. The van der Waals surface area contributed by atoms with Crippen LogP contribution in [0.25, 0.3) is 43.6 Å². The Bertz CT molecular complexity index is 1600. The monoisotopic (exact) mass is 441 g/mol. The molecular weight excluding hydrogens is 418 g/mol. The molecule has 166 valence electrons. The van der Waals surface area contributed by atoms with Gasteiger partial charge in [0.1, 0.15) is 12.3 Å². The summed E-state index contributed by atoms with van der Waals surface area (Å²) in [5.74, 6) is -0.0709. The van der Waals surface area contributed by atoms with Crippen molar-refractivity contribution in [2.24, 2.45) is 0 Å². The number of amides is 1. The van der Waals surface area contributed by atoms with Gasteiger partial charge in [-0.1, -0.05) is 36.4 Å². The van der Waals surface area contributed by atoms with Gasteiger partial charge in [-0.05, 0) is 24.6 Å². The average Bonchev–Trinajstić information content (AvgIpc) is 3.48. The van der Waals surface area contributed by atoms with E-state index < -0.39 is 24.5 Å². The number of para-hydroxylation sites is 2. The molecule has 7 rings (SSSR count). The van der Waals surface area contributed by atoms with Crippen molar-refractivity contribution in [2.45, 2.75) is 44.4 Å². The van der Waals surface area contributed by atoms with E-state index in [-0.39, 0.29) is 12.3 Å². The molecule has 2 aliphatic rings. The normalized spacial score (nSPS) is 25.4. The second-order valence-electron chi connectivity index (χ2n) is 9.16. The number of hydrogen-bond donors (Lipinski definition) is 4. The zero-order chi connectivity index (χ0) is 22.4. The van der Waals surface area contributed by atoms with Crippen molar-refractivity contribution in [3.05, 3.63) is 59.7 Å². The first-order valence-electron chi connectivity index (χ1n) is 11.3. The van der Waals surface area contributed by atoms with E-state index in [9.17, 15) is 15.0 Å². The minimum Gasteiger partial charge on any atom is -0.390 e. The molecule has 0 saturated carbocycles. The third-order valence-corrected chi connectivity index (χ3v) is 7.34. The number of aliphatic hydroxyl groups is 2. The van der Waals surface area contributed by atoms with Gasteiger partial charge >= 0.3 is 0 Å². The van der Waals surface area contributed by atoms with Crippen molar-refractivity contribution in [1.82, 2.24) is 14.9 Å². The summed E-state index contributed by atoms with van der Waals surface area (Å²) in [4.78, 5) is 16.7. The maximum absolute atomic E-state index is 13.1. The number of aromatic nitrogens is 2. The topological polar surface area (TPSA) is 99.5 Å². The fourth-order valence-corrected chi connectivity index (χ4v) is 5.86. The molecule has 1 fully saturated rings. The van der Waals surface area contributed by atoms with Gasteiger partial charge in [-0.25, -0.2) is 0 Å². The third-order valence-electron chi connectivity index (χ3n) is 7.34. The Balaban J connectivity index is 1.69. The summed E-state index contributed by atoms with van der Waals surface area (Å²) in [7, 11) is 0. The lowest BCUT2D eigenvalue weighted by Gasteiger charge is -2.36. The van der Waals surface area contributed by atoms with Crippen LogP contribution in [0.15, 0.2) is 48.5 Å². The van der Waals surface area contributed by atoms with E-state index in [0.29, 0.717) is 12.1 Å². The number of ether oxygens (including phenoxy) is 1. The van der Waals surface area contributed by atoms with Gasteiger partial charge < -0.3 is 29.8 Å². The van der Waals surface area contributed by atoms with Crippen molar-refractivity contribution in [2.75, 3.05) is 0 Å². The van der Waals surface area contributed by atoms with Gasteiger partial charge in [-0.3, -0.25) is 4.79 Å². The van der Waals surface area contributed by atoms with E-state index in [1.54, 1.807) is 6.92 Å². The largest absolute Gasteiger partial charge is 0.390 e. The van der Waals surface area contributed by atoms with Crippen molar-refractivity contribution in [1.29, 1.82) is 0 Å². The number of H-pyrrole nitrogens is 1. The zero-order valence-corrected chi connectivity index (χ0v) is 18.0. The molecule has 1 amide bonds. The number of benzene rings is 3. The van der Waals surface area contributed by atoms with Crippen molar-refractivity contribution < 1.29 is 19.7 Å². The molecule has 7 nitrogen and oxygen atoms in total. The van der Waals surface area contributed by atoms with Crippen LogP contribution in [0.4, 0.5) is 0 Å². The van der Waals surface area contributed by atoms with E-state index in [1.165, 1.54) is 0 Å². The highest BCUT2D eigenvalue weighted by Gasteiger charge is 2.38. The van der Waals surface area contributed by atoms with Crippen molar-refractivity contribution in [3.8, 4) is 0 Å². The van der Waals surface area contributed by atoms with Crippen LogP contribution in [-0.4, -0.2) is 44.0 Å². The minimum atomic E-state index is -0.933. The first-order chi connectivity index (χ1) is 16.0. The van der Waals surface area contributed by atoms with E-state index in [0.717, 1.165) is 49.2 Å². The summed E-state index contributed by atoms with van der Waals surface area (Å²) in [5.41, 5.74) is 5.50. The summed E-state index contributed by atoms with van der Waals surface area (Å²) in [5, 5.41) is 27.9. The van der Waals surface area contributed by atoms with Crippen LogP contribution in [-0.2, 0) is 11.3 Å². The molecule has 2 aliphatic heterocycles. The lowest BCUT2D eigenvalue weighted by Crippen LogP contribution is -2.45. The molecule has 0 bridgehead atoms. The molecule has 0 spiro atoms. The Morgan fingerprint density at radius 2 is 1.79 bits per heavy atom. The Labute approximate surface area is 188 Å². The number of rotatable bonds is 1. The lowest BCUT2D eigenvalue weighted by atomic mass is 9.97. The Morgan fingerprint density at radius 1 is 1.03 bits per heavy atom. The van der Waals surface area contributed by atoms with E-state index >= 15 is 0 Å². The molecule has 4 heterocycles. The zero-order valence-electron chi connectivity index (χ0n) is 18.0. The van der Waals surface area contributed by atoms with Crippen LogP contribution in [0.5, 0.6) is 0 Å². The van der Waals surface area contributed by atoms with Crippen LogP contribution >= 0.6 is 0 Å².